The van der Waals surface area contributed by atoms with E-state index in [9.17, 15) is 5.11 Å². The monoisotopic (exact) mass is 481 g/mol. The van der Waals surface area contributed by atoms with E-state index >= 15 is 0 Å². The van der Waals surface area contributed by atoms with Gasteiger partial charge in [0.15, 0.2) is 11.5 Å². The zero-order valence-electron chi connectivity index (χ0n) is 20.9. The minimum atomic E-state index is -0.00512. The number of benzene rings is 3. The van der Waals surface area contributed by atoms with Gasteiger partial charge in [0, 0.05) is 12.2 Å². The van der Waals surface area contributed by atoms with Crippen LogP contribution >= 0.6 is 0 Å². The third kappa shape index (κ3) is 6.41. The zero-order chi connectivity index (χ0) is 25.3. The number of hydrogen-bond donors (Lipinski definition) is 2. The van der Waals surface area contributed by atoms with Gasteiger partial charge in [0.2, 0.25) is 5.88 Å². The smallest absolute Gasteiger partial charge is 0.240 e. The molecule has 0 saturated heterocycles. The van der Waals surface area contributed by atoms with Crippen LogP contribution in [0.1, 0.15) is 37.3 Å². The lowest BCUT2D eigenvalue weighted by Gasteiger charge is -2.04. The predicted molar refractivity (Wildman–Crippen MR) is 144 cm³/mol. The fraction of sp³-hybridized carbons (Fsp3) is 0.250. The van der Waals surface area contributed by atoms with Gasteiger partial charge < -0.3 is 10.4 Å². The SMILES string of the molecule is CCCCCn1nc(Nc2ccc(C)cc2)c(/N=N/c2ccc(/N=N/c3ccccc3)c(C)c2)c1O. The summed E-state index contributed by atoms with van der Waals surface area (Å²) in [4.78, 5) is 0. The predicted octanol–water partition coefficient (Wildman–Crippen LogP) is 8.97. The number of unbranched alkanes of at least 4 members (excludes halogenated alkanes) is 2. The van der Waals surface area contributed by atoms with Crippen molar-refractivity contribution in [3.8, 4) is 5.88 Å². The number of nitrogens with zero attached hydrogens (tertiary/aromatic N) is 6. The van der Waals surface area contributed by atoms with Gasteiger partial charge in [0.25, 0.3) is 0 Å². The van der Waals surface area contributed by atoms with Gasteiger partial charge in [-0.05, 0) is 68.3 Å². The van der Waals surface area contributed by atoms with Crippen molar-refractivity contribution in [2.75, 3.05) is 5.32 Å². The van der Waals surface area contributed by atoms with Crippen LogP contribution in [0.4, 0.5) is 34.3 Å². The molecule has 0 aliphatic rings. The van der Waals surface area contributed by atoms with Crippen molar-refractivity contribution in [1.82, 2.24) is 9.78 Å². The Hall–Kier alpha value is -4.33. The van der Waals surface area contributed by atoms with Gasteiger partial charge in [0.05, 0.1) is 17.1 Å². The van der Waals surface area contributed by atoms with E-state index in [1.807, 2.05) is 86.6 Å². The highest BCUT2D eigenvalue weighted by atomic mass is 16.3. The van der Waals surface area contributed by atoms with Crippen LogP contribution in [0.25, 0.3) is 0 Å². The Bertz CT molecular complexity index is 1340. The van der Waals surface area contributed by atoms with Crippen LogP contribution in [0.15, 0.2) is 93.3 Å². The topological polar surface area (TPSA) is 99.5 Å². The Morgan fingerprint density at radius 1 is 0.833 bits per heavy atom. The lowest BCUT2D eigenvalue weighted by molar-refractivity contribution is 0.393. The largest absolute Gasteiger partial charge is 0.492 e. The summed E-state index contributed by atoms with van der Waals surface area (Å²) in [5.74, 6) is 0.455. The van der Waals surface area contributed by atoms with Crippen LogP contribution in [0.5, 0.6) is 5.88 Å². The Labute approximate surface area is 211 Å². The summed E-state index contributed by atoms with van der Waals surface area (Å²) in [6, 6.07) is 23.1. The molecular formula is C28H31N7O. The van der Waals surface area contributed by atoms with Crippen molar-refractivity contribution in [2.24, 2.45) is 20.5 Å². The Kier molecular flexibility index (Phi) is 8.18. The summed E-state index contributed by atoms with van der Waals surface area (Å²) < 4.78 is 1.58. The number of aromatic nitrogens is 2. The van der Waals surface area contributed by atoms with Crippen molar-refractivity contribution >= 4 is 34.3 Å². The Balaban J connectivity index is 1.57. The lowest BCUT2D eigenvalue weighted by atomic mass is 10.2. The number of azo groups is 2. The molecule has 4 aromatic rings. The second kappa shape index (κ2) is 11.9. The number of aromatic hydroxyl groups is 1. The fourth-order valence-corrected chi connectivity index (χ4v) is 3.59. The van der Waals surface area contributed by atoms with Gasteiger partial charge in [-0.15, -0.1) is 10.2 Å². The average Bonchev–Trinajstić information content (AvgIpc) is 3.18. The van der Waals surface area contributed by atoms with Gasteiger partial charge in [-0.2, -0.15) is 15.3 Å². The van der Waals surface area contributed by atoms with Crippen molar-refractivity contribution in [1.29, 1.82) is 0 Å². The molecule has 0 unspecified atom stereocenters. The molecule has 8 heteroatoms. The minimum absolute atomic E-state index is 0.00512. The molecule has 4 rings (SSSR count). The number of nitrogens with one attached hydrogen (secondary N) is 1. The summed E-state index contributed by atoms with van der Waals surface area (Å²) in [5, 5.41) is 36.1. The standard InChI is InChI=1S/C28H31N7O/c1-4-5-9-18-35-28(36)26(27(34-35)29-22-14-12-20(2)13-15-22)33-31-24-16-17-25(21(3)19-24)32-30-23-10-7-6-8-11-23/h6-8,10-17,19,36H,4-5,9,18H2,1-3H3,(H,29,34)/b32-30+,33-31+. The average molecular weight is 482 g/mol. The van der Waals surface area contributed by atoms with E-state index in [1.54, 1.807) is 4.68 Å². The van der Waals surface area contributed by atoms with Crippen LogP contribution in [0, 0.1) is 13.8 Å². The van der Waals surface area contributed by atoms with Crippen LogP contribution in [0.2, 0.25) is 0 Å². The zero-order valence-corrected chi connectivity index (χ0v) is 20.9. The maximum absolute atomic E-state index is 10.9. The number of aryl methyl sites for hydroxylation is 3. The van der Waals surface area contributed by atoms with Gasteiger partial charge in [-0.3, -0.25) is 0 Å². The first-order valence-corrected chi connectivity index (χ1v) is 12.2. The molecule has 0 saturated carbocycles. The maximum Gasteiger partial charge on any atom is 0.240 e. The minimum Gasteiger partial charge on any atom is -0.492 e. The van der Waals surface area contributed by atoms with E-state index in [0.29, 0.717) is 23.7 Å². The summed E-state index contributed by atoms with van der Waals surface area (Å²) in [6.45, 7) is 6.74. The lowest BCUT2D eigenvalue weighted by Crippen LogP contribution is -2.00. The van der Waals surface area contributed by atoms with Crippen LogP contribution in [0.3, 0.4) is 0 Å². The van der Waals surface area contributed by atoms with Crippen molar-refractivity contribution < 1.29 is 5.11 Å². The maximum atomic E-state index is 10.9. The third-order valence-corrected chi connectivity index (χ3v) is 5.66. The molecular weight excluding hydrogens is 450 g/mol. The van der Waals surface area contributed by atoms with E-state index in [0.717, 1.165) is 47.5 Å². The second-order valence-corrected chi connectivity index (χ2v) is 8.65. The van der Waals surface area contributed by atoms with Gasteiger partial charge >= 0.3 is 0 Å². The molecule has 2 N–H and O–H groups in total. The highest BCUT2D eigenvalue weighted by molar-refractivity contribution is 5.72. The molecule has 8 nitrogen and oxygen atoms in total. The quantitative estimate of drug-likeness (QED) is 0.175. The first kappa shape index (κ1) is 24.8. The van der Waals surface area contributed by atoms with E-state index in [4.69, 9.17) is 0 Å². The molecule has 0 fully saturated rings. The summed E-state index contributed by atoms with van der Waals surface area (Å²) in [5.41, 5.74) is 5.44. The molecule has 0 aliphatic carbocycles. The highest BCUT2D eigenvalue weighted by Crippen LogP contribution is 2.38. The fourth-order valence-electron chi connectivity index (χ4n) is 3.59. The first-order chi connectivity index (χ1) is 17.5. The van der Waals surface area contributed by atoms with Gasteiger partial charge in [0.1, 0.15) is 0 Å². The highest BCUT2D eigenvalue weighted by Gasteiger charge is 2.18. The summed E-state index contributed by atoms with van der Waals surface area (Å²) in [7, 11) is 0. The molecule has 184 valence electrons. The van der Waals surface area contributed by atoms with Crippen molar-refractivity contribution in [2.45, 2.75) is 46.6 Å². The Morgan fingerprint density at radius 2 is 1.58 bits per heavy atom. The number of hydrogen-bond acceptors (Lipinski definition) is 7. The third-order valence-electron chi connectivity index (χ3n) is 5.66. The van der Waals surface area contributed by atoms with E-state index < -0.39 is 0 Å². The molecule has 0 amide bonds. The molecule has 3 aromatic carbocycles. The molecule has 0 aliphatic heterocycles. The summed E-state index contributed by atoms with van der Waals surface area (Å²) in [6.07, 6.45) is 3.07. The first-order valence-electron chi connectivity index (χ1n) is 12.2. The molecule has 36 heavy (non-hydrogen) atoms. The number of rotatable bonds is 10. The van der Waals surface area contributed by atoms with Crippen molar-refractivity contribution in [3.05, 3.63) is 83.9 Å². The molecule has 0 radical (unpaired) electrons. The van der Waals surface area contributed by atoms with Crippen LogP contribution < -0.4 is 5.32 Å². The van der Waals surface area contributed by atoms with Crippen LogP contribution in [-0.4, -0.2) is 14.9 Å². The number of anilines is 2. The molecule has 0 bridgehead atoms. The second-order valence-electron chi connectivity index (χ2n) is 8.65. The molecule has 0 atom stereocenters. The van der Waals surface area contributed by atoms with E-state index in [-0.39, 0.29) is 5.88 Å². The molecule has 1 heterocycles. The van der Waals surface area contributed by atoms with Crippen LogP contribution in [-0.2, 0) is 6.54 Å². The normalized spacial score (nSPS) is 11.5. The van der Waals surface area contributed by atoms with E-state index in [2.05, 4.69) is 37.8 Å². The Morgan fingerprint density at radius 3 is 2.31 bits per heavy atom. The van der Waals surface area contributed by atoms with Crippen molar-refractivity contribution in [3.63, 3.8) is 0 Å². The van der Waals surface area contributed by atoms with Gasteiger partial charge in [-0.25, -0.2) is 4.68 Å². The van der Waals surface area contributed by atoms with Gasteiger partial charge in [-0.1, -0.05) is 55.7 Å². The molecule has 0 spiro atoms. The van der Waals surface area contributed by atoms with E-state index in [1.165, 1.54) is 0 Å². The molecule has 1 aromatic heterocycles. The summed E-state index contributed by atoms with van der Waals surface area (Å²) >= 11 is 0.